The third kappa shape index (κ3) is 3.30. The van der Waals surface area contributed by atoms with Crippen molar-refractivity contribution in [3.05, 3.63) is 66.2 Å². The van der Waals surface area contributed by atoms with E-state index in [0.29, 0.717) is 13.0 Å². The van der Waals surface area contributed by atoms with Gasteiger partial charge in [0.1, 0.15) is 5.75 Å². The van der Waals surface area contributed by atoms with Crippen molar-refractivity contribution in [2.24, 2.45) is 0 Å². The molecule has 2 unspecified atom stereocenters. The average Bonchev–Trinajstić information content (AvgIpc) is 2.57. The zero-order valence-electron chi connectivity index (χ0n) is 12.7. The van der Waals surface area contributed by atoms with Crippen LogP contribution in [0.5, 0.6) is 5.75 Å². The van der Waals surface area contributed by atoms with Crippen LogP contribution in [-0.4, -0.2) is 32.3 Å². The van der Waals surface area contributed by atoms with Gasteiger partial charge in [0.25, 0.3) is 5.79 Å². The fraction of sp³-hybridized carbons (Fsp3) is 0.333. The molecule has 1 saturated heterocycles. The van der Waals surface area contributed by atoms with Crippen molar-refractivity contribution < 1.29 is 14.2 Å². The highest BCUT2D eigenvalue weighted by molar-refractivity contribution is 5.24. The van der Waals surface area contributed by atoms with E-state index in [4.69, 9.17) is 14.2 Å². The standard InChI is InChI=1S/C18H21NO3/c1-20-17-18(21-13-12-19-17,14-15-8-4-2-5-9-15)22-16-10-6-3-7-11-16/h2-11,17,19H,12-14H2,1H3. The lowest BCUT2D eigenvalue weighted by Gasteiger charge is -2.43. The van der Waals surface area contributed by atoms with E-state index in [2.05, 4.69) is 17.4 Å². The molecular weight excluding hydrogens is 278 g/mol. The maximum Gasteiger partial charge on any atom is 0.254 e. The molecule has 4 nitrogen and oxygen atoms in total. The van der Waals surface area contributed by atoms with Crippen LogP contribution in [0.1, 0.15) is 5.56 Å². The monoisotopic (exact) mass is 299 g/mol. The Hall–Kier alpha value is -1.88. The van der Waals surface area contributed by atoms with Crippen molar-refractivity contribution in [2.45, 2.75) is 18.4 Å². The smallest absolute Gasteiger partial charge is 0.254 e. The van der Waals surface area contributed by atoms with E-state index in [1.54, 1.807) is 7.11 Å². The molecule has 0 aromatic heterocycles. The van der Waals surface area contributed by atoms with Crippen molar-refractivity contribution in [2.75, 3.05) is 20.3 Å². The minimum Gasteiger partial charge on any atom is -0.458 e. The zero-order chi connectivity index (χ0) is 15.3. The summed E-state index contributed by atoms with van der Waals surface area (Å²) in [5.41, 5.74) is 1.14. The summed E-state index contributed by atoms with van der Waals surface area (Å²) in [6.45, 7) is 1.33. The van der Waals surface area contributed by atoms with Crippen LogP contribution in [0.3, 0.4) is 0 Å². The van der Waals surface area contributed by atoms with Gasteiger partial charge in [-0.1, -0.05) is 48.5 Å². The number of methoxy groups -OCH3 is 1. The molecule has 2 aromatic rings. The van der Waals surface area contributed by atoms with Gasteiger partial charge < -0.3 is 14.2 Å². The van der Waals surface area contributed by atoms with Crippen molar-refractivity contribution in [1.82, 2.24) is 5.32 Å². The van der Waals surface area contributed by atoms with Crippen LogP contribution < -0.4 is 10.1 Å². The molecule has 0 radical (unpaired) electrons. The first-order chi connectivity index (χ1) is 10.8. The van der Waals surface area contributed by atoms with Crippen molar-refractivity contribution in [3.8, 4) is 5.75 Å². The first kappa shape index (κ1) is 15.0. The van der Waals surface area contributed by atoms with E-state index in [1.165, 1.54) is 0 Å². The van der Waals surface area contributed by atoms with Gasteiger partial charge >= 0.3 is 0 Å². The Balaban J connectivity index is 1.90. The number of hydrogen-bond acceptors (Lipinski definition) is 4. The largest absolute Gasteiger partial charge is 0.458 e. The third-order valence-corrected chi connectivity index (χ3v) is 3.74. The van der Waals surface area contributed by atoms with Gasteiger partial charge in [0.15, 0.2) is 6.23 Å². The van der Waals surface area contributed by atoms with E-state index >= 15 is 0 Å². The number of ether oxygens (including phenoxy) is 3. The Kier molecular flexibility index (Phi) is 4.73. The fourth-order valence-corrected chi connectivity index (χ4v) is 2.74. The Morgan fingerprint density at radius 1 is 1.09 bits per heavy atom. The second-order valence-corrected chi connectivity index (χ2v) is 5.31. The van der Waals surface area contributed by atoms with E-state index in [0.717, 1.165) is 17.9 Å². The summed E-state index contributed by atoms with van der Waals surface area (Å²) >= 11 is 0. The van der Waals surface area contributed by atoms with Crippen molar-refractivity contribution >= 4 is 0 Å². The second kappa shape index (κ2) is 6.92. The van der Waals surface area contributed by atoms with Gasteiger partial charge in [0.2, 0.25) is 0 Å². The molecule has 0 aliphatic carbocycles. The van der Waals surface area contributed by atoms with Gasteiger partial charge in [-0.25, -0.2) is 0 Å². The average molecular weight is 299 g/mol. The first-order valence-electron chi connectivity index (χ1n) is 7.50. The topological polar surface area (TPSA) is 39.7 Å². The Morgan fingerprint density at radius 3 is 2.45 bits per heavy atom. The molecular formula is C18H21NO3. The third-order valence-electron chi connectivity index (χ3n) is 3.74. The summed E-state index contributed by atoms with van der Waals surface area (Å²) in [5, 5.41) is 3.33. The number of nitrogens with one attached hydrogen (secondary N) is 1. The van der Waals surface area contributed by atoms with E-state index < -0.39 is 5.79 Å². The highest BCUT2D eigenvalue weighted by atomic mass is 16.7. The minimum atomic E-state index is -0.879. The molecule has 0 bridgehead atoms. The summed E-state index contributed by atoms with van der Waals surface area (Å²) in [6, 6.07) is 19.9. The first-order valence-corrected chi connectivity index (χ1v) is 7.50. The summed E-state index contributed by atoms with van der Waals surface area (Å²) in [6.07, 6.45) is 0.274. The van der Waals surface area contributed by atoms with Crippen LogP contribution >= 0.6 is 0 Å². The Labute approximate surface area is 131 Å². The minimum absolute atomic E-state index is 0.332. The molecule has 1 aliphatic rings. The molecule has 1 aliphatic heterocycles. The molecule has 3 rings (SSSR count). The number of rotatable bonds is 5. The van der Waals surface area contributed by atoms with Gasteiger partial charge in [0, 0.05) is 20.1 Å². The van der Waals surface area contributed by atoms with Gasteiger partial charge in [-0.3, -0.25) is 5.32 Å². The summed E-state index contributed by atoms with van der Waals surface area (Å²) in [4.78, 5) is 0. The van der Waals surface area contributed by atoms with Crippen LogP contribution in [0.4, 0.5) is 0 Å². The molecule has 0 spiro atoms. The second-order valence-electron chi connectivity index (χ2n) is 5.31. The Morgan fingerprint density at radius 2 is 1.77 bits per heavy atom. The van der Waals surface area contributed by atoms with E-state index in [9.17, 15) is 0 Å². The van der Waals surface area contributed by atoms with E-state index in [1.807, 2.05) is 48.5 Å². The zero-order valence-corrected chi connectivity index (χ0v) is 12.7. The van der Waals surface area contributed by atoms with Crippen molar-refractivity contribution in [1.29, 1.82) is 0 Å². The lowest BCUT2D eigenvalue weighted by Crippen LogP contribution is -2.63. The number of hydrogen-bond donors (Lipinski definition) is 1. The predicted molar refractivity (Wildman–Crippen MR) is 84.7 cm³/mol. The van der Waals surface area contributed by atoms with E-state index in [-0.39, 0.29) is 6.23 Å². The molecule has 2 atom stereocenters. The summed E-state index contributed by atoms with van der Waals surface area (Å²) < 4.78 is 17.9. The Bertz CT molecular complexity index is 532. The lowest BCUT2D eigenvalue weighted by molar-refractivity contribution is -0.270. The lowest BCUT2D eigenvalue weighted by atomic mass is 10.0. The molecule has 116 valence electrons. The summed E-state index contributed by atoms with van der Waals surface area (Å²) in [5.74, 6) is -0.111. The van der Waals surface area contributed by atoms with Crippen LogP contribution in [0.25, 0.3) is 0 Å². The highest BCUT2D eigenvalue weighted by Gasteiger charge is 2.45. The fourth-order valence-electron chi connectivity index (χ4n) is 2.74. The SMILES string of the molecule is COC1NCCOC1(Cc1ccccc1)Oc1ccccc1. The molecule has 1 fully saturated rings. The normalized spacial score (nSPS) is 24.9. The molecule has 1 heterocycles. The molecule has 0 amide bonds. The molecule has 1 N–H and O–H groups in total. The molecule has 4 heteroatoms. The predicted octanol–water partition coefficient (Wildman–Crippen LogP) is 2.60. The van der Waals surface area contributed by atoms with Gasteiger partial charge in [0.05, 0.1) is 6.61 Å². The van der Waals surface area contributed by atoms with Crippen LogP contribution in [0.15, 0.2) is 60.7 Å². The van der Waals surface area contributed by atoms with Gasteiger partial charge in [-0.2, -0.15) is 0 Å². The van der Waals surface area contributed by atoms with Crippen LogP contribution in [0.2, 0.25) is 0 Å². The van der Waals surface area contributed by atoms with Crippen LogP contribution in [-0.2, 0) is 15.9 Å². The summed E-state index contributed by atoms with van der Waals surface area (Å²) in [7, 11) is 1.67. The van der Waals surface area contributed by atoms with Gasteiger partial charge in [-0.15, -0.1) is 0 Å². The number of morpholine rings is 1. The van der Waals surface area contributed by atoms with Crippen molar-refractivity contribution in [3.63, 3.8) is 0 Å². The maximum atomic E-state index is 6.24. The molecule has 22 heavy (non-hydrogen) atoms. The maximum absolute atomic E-state index is 6.24. The molecule has 0 saturated carbocycles. The number of benzene rings is 2. The number of para-hydroxylation sites is 1. The quantitative estimate of drug-likeness (QED) is 0.921. The van der Waals surface area contributed by atoms with Gasteiger partial charge in [-0.05, 0) is 17.7 Å². The molecule has 2 aromatic carbocycles. The van der Waals surface area contributed by atoms with Crippen LogP contribution in [0, 0.1) is 0 Å². The highest BCUT2D eigenvalue weighted by Crippen LogP contribution is 2.29.